The third-order valence-corrected chi connectivity index (χ3v) is 4.72. The minimum absolute atomic E-state index is 0.0168. The number of alkyl halides is 1. The van der Waals surface area contributed by atoms with E-state index >= 15 is 0 Å². The van der Waals surface area contributed by atoms with E-state index in [0.29, 0.717) is 10.5 Å². The number of hydrogen-bond acceptors (Lipinski definition) is 7. The molecule has 0 radical (unpaired) electrons. The van der Waals surface area contributed by atoms with Gasteiger partial charge in [0.05, 0.1) is 11.9 Å². The van der Waals surface area contributed by atoms with Gasteiger partial charge in [0.1, 0.15) is 25.5 Å². The number of esters is 1. The molecule has 170 valence electrons. The fourth-order valence-electron chi connectivity index (χ4n) is 2.65. The number of halogens is 1. The van der Waals surface area contributed by atoms with Crippen molar-refractivity contribution < 1.29 is 28.7 Å². The maximum absolute atomic E-state index is 12.8. The Labute approximate surface area is 191 Å². The number of amides is 2. The fraction of sp³-hybridized carbons (Fsp3) is 0.304. The van der Waals surface area contributed by atoms with Crippen molar-refractivity contribution >= 4 is 35.4 Å². The highest BCUT2D eigenvalue weighted by Gasteiger charge is 2.30. The second kappa shape index (κ2) is 13.2. The first-order valence-corrected chi connectivity index (χ1v) is 10.5. The molecule has 0 bridgehead atoms. The average Bonchev–Trinajstić information content (AvgIpc) is 2.83. The summed E-state index contributed by atoms with van der Waals surface area (Å²) < 4.78 is 10.4. The third-order valence-electron chi connectivity index (χ3n) is 4.42. The number of nitrogens with zero attached hydrogens (tertiary/aromatic N) is 1. The van der Waals surface area contributed by atoms with E-state index in [-0.39, 0.29) is 37.7 Å². The van der Waals surface area contributed by atoms with Crippen LogP contribution in [0.4, 0.5) is 4.79 Å². The lowest BCUT2D eigenvalue weighted by molar-refractivity contribution is -0.149. The van der Waals surface area contributed by atoms with E-state index in [1.807, 2.05) is 12.1 Å². The van der Waals surface area contributed by atoms with Gasteiger partial charge in [0.25, 0.3) is 0 Å². The predicted molar refractivity (Wildman–Crippen MR) is 118 cm³/mol. The average molecular weight is 461 g/mol. The monoisotopic (exact) mass is 460 g/mol. The van der Waals surface area contributed by atoms with Crippen molar-refractivity contribution in [2.24, 2.45) is 5.73 Å². The molecule has 2 amide bonds. The Balaban J connectivity index is 2.02. The van der Waals surface area contributed by atoms with Gasteiger partial charge < -0.3 is 15.2 Å². The minimum atomic E-state index is -1.19. The molecule has 1 atom stereocenters. The van der Waals surface area contributed by atoms with Crippen LogP contribution in [-0.4, -0.2) is 47.1 Å². The highest BCUT2D eigenvalue weighted by Crippen LogP contribution is 2.09. The van der Waals surface area contributed by atoms with Crippen molar-refractivity contribution in [3.05, 3.63) is 71.8 Å². The van der Waals surface area contributed by atoms with Crippen molar-refractivity contribution in [1.82, 2.24) is 4.90 Å². The summed E-state index contributed by atoms with van der Waals surface area (Å²) in [6, 6.07) is 16.6. The molecule has 2 N–H and O–H groups in total. The SMILES string of the molecule is N[C@@H](CCC(=O)CCl)C(=O)N(CC(=O)OCc1ccccc1)C(=O)OCc1ccccc1. The van der Waals surface area contributed by atoms with Gasteiger partial charge in [0.15, 0.2) is 0 Å². The molecule has 0 spiro atoms. The molecule has 0 fully saturated rings. The van der Waals surface area contributed by atoms with Crippen molar-refractivity contribution in [2.45, 2.75) is 32.1 Å². The Hall–Kier alpha value is -3.23. The van der Waals surface area contributed by atoms with Crippen molar-refractivity contribution in [2.75, 3.05) is 12.4 Å². The van der Waals surface area contributed by atoms with E-state index in [0.717, 1.165) is 5.56 Å². The number of rotatable bonds is 11. The number of hydrogen-bond donors (Lipinski definition) is 1. The van der Waals surface area contributed by atoms with E-state index in [4.69, 9.17) is 26.8 Å². The first kappa shape index (κ1) is 25.0. The lowest BCUT2D eigenvalue weighted by Crippen LogP contribution is -2.49. The number of benzene rings is 2. The number of nitrogens with two attached hydrogens (primary N) is 1. The van der Waals surface area contributed by atoms with Crippen LogP contribution < -0.4 is 5.73 Å². The normalized spacial score (nSPS) is 11.3. The number of carbonyl (C=O) groups is 4. The number of carbonyl (C=O) groups excluding carboxylic acids is 4. The molecule has 0 saturated carbocycles. The maximum Gasteiger partial charge on any atom is 0.417 e. The molecule has 0 aromatic heterocycles. The third kappa shape index (κ3) is 8.49. The van der Waals surface area contributed by atoms with Crippen molar-refractivity contribution in [3.63, 3.8) is 0 Å². The Morgan fingerprint density at radius 3 is 1.94 bits per heavy atom. The van der Waals surface area contributed by atoms with Crippen molar-refractivity contribution in [3.8, 4) is 0 Å². The molecule has 0 aliphatic heterocycles. The van der Waals surface area contributed by atoms with Gasteiger partial charge >= 0.3 is 12.1 Å². The minimum Gasteiger partial charge on any atom is -0.459 e. The number of Topliss-reactive ketones (excluding diaryl/α,β-unsaturated/α-hetero) is 1. The molecule has 8 nitrogen and oxygen atoms in total. The zero-order valence-corrected chi connectivity index (χ0v) is 18.2. The largest absolute Gasteiger partial charge is 0.459 e. The quantitative estimate of drug-likeness (QED) is 0.404. The van der Waals surface area contributed by atoms with Gasteiger partial charge in [-0.15, -0.1) is 11.6 Å². The summed E-state index contributed by atoms with van der Waals surface area (Å²) in [5.41, 5.74) is 7.32. The molecule has 9 heteroatoms. The number of imide groups is 1. The molecule has 32 heavy (non-hydrogen) atoms. The Bertz CT molecular complexity index is 907. The van der Waals surface area contributed by atoms with Crippen LogP contribution in [0.1, 0.15) is 24.0 Å². The topological polar surface area (TPSA) is 116 Å². The van der Waals surface area contributed by atoms with E-state index in [1.54, 1.807) is 48.5 Å². The summed E-state index contributed by atoms with van der Waals surface area (Å²) in [5.74, 6) is -2.13. The van der Waals surface area contributed by atoms with Gasteiger partial charge in [0.2, 0.25) is 5.91 Å². The van der Waals surface area contributed by atoms with Crippen LogP contribution in [-0.2, 0) is 37.1 Å². The number of ketones is 1. The Morgan fingerprint density at radius 2 is 1.41 bits per heavy atom. The highest BCUT2D eigenvalue weighted by atomic mass is 35.5. The van der Waals surface area contributed by atoms with E-state index < -0.39 is 30.6 Å². The van der Waals surface area contributed by atoms with Gasteiger partial charge in [-0.1, -0.05) is 60.7 Å². The van der Waals surface area contributed by atoms with E-state index in [9.17, 15) is 19.2 Å². The summed E-state index contributed by atoms with van der Waals surface area (Å²) in [7, 11) is 0. The van der Waals surface area contributed by atoms with Gasteiger partial charge in [-0.25, -0.2) is 9.69 Å². The summed E-state index contributed by atoms with van der Waals surface area (Å²) in [4.78, 5) is 49.7. The zero-order valence-electron chi connectivity index (χ0n) is 17.4. The van der Waals surface area contributed by atoms with Gasteiger partial charge in [-0.2, -0.15) is 0 Å². The first-order valence-electron chi connectivity index (χ1n) is 9.95. The van der Waals surface area contributed by atoms with Crippen LogP contribution in [0, 0.1) is 0 Å². The first-order chi connectivity index (χ1) is 15.4. The molecular formula is C23H25ClN2O6. The molecule has 0 aliphatic rings. The summed E-state index contributed by atoms with van der Waals surface area (Å²) >= 11 is 5.46. The van der Waals surface area contributed by atoms with Crippen LogP contribution >= 0.6 is 11.6 Å². The smallest absolute Gasteiger partial charge is 0.417 e. The molecule has 0 unspecified atom stereocenters. The van der Waals surface area contributed by atoms with Crippen LogP contribution in [0.3, 0.4) is 0 Å². The molecule has 2 aromatic rings. The predicted octanol–water partition coefficient (Wildman–Crippen LogP) is 2.81. The molecule has 0 aliphatic carbocycles. The summed E-state index contributed by atoms with van der Waals surface area (Å²) in [6.45, 7) is -0.782. The molecule has 2 rings (SSSR count). The van der Waals surface area contributed by atoms with Crippen LogP contribution in [0.5, 0.6) is 0 Å². The van der Waals surface area contributed by atoms with Crippen LogP contribution in [0.25, 0.3) is 0 Å². The van der Waals surface area contributed by atoms with Crippen LogP contribution in [0.2, 0.25) is 0 Å². The van der Waals surface area contributed by atoms with E-state index in [2.05, 4.69) is 0 Å². The van der Waals surface area contributed by atoms with Gasteiger partial charge in [-0.3, -0.25) is 14.4 Å². The van der Waals surface area contributed by atoms with Gasteiger partial charge in [0, 0.05) is 6.42 Å². The highest BCUT2D eigenvalue weighted by molar-refractivity contribution is 6.27. The Kier molecular flexibility index (Phi) is 10.4. The van der Waals surface area contributed by atoms with Crippen molar-refractivity contribution in [1.29, 1.82) is 0 Å². The standard InChI is InChI=1S/C23H25ClN2O6/c24-13-19(27)11-12-20(25)22(29)26(23(30)32-16-18-9-5-2-6-10-18)14-21(28)31-15-17-7-3-1-4-8-17/h1-10,20H,11-16,25H2/t20-/m0/s1. The Morgan fingerprint density at radius 1 is 0.875 bits per heavy atom. The summed E-state index contributed by atoms with van der Waals surface area (Å²) in [5, 5.41) is 0. The molecule has 0 saturated heterocycles. The fourth-order valence-corrected chi connectivity index (χ4v) is 2.78. The lowest BCUT2D eigenvalue weighted by Gasteiger charge is -2.22. The van der Waals surface area contributed by atoms with Gasteiger partial charge in [-0.05, 0) is 17.5 Å². The van der Waals surface area contributed by atoms with Crippen LogP contribution in [0.15, 0.2) is 60.7 Å². The lowest BCUT2D eigenvalue weighted by atomic mass is 10.1. The second-order valence-electron chi connectivity index (χ2n) is 6.93. The second-order valence-corrected chi connectivity index (χ2v) is 7.20. The zero-order chi connectivity index (χ0) is 23.3. The molecule has 2 aromatic carbocycles. The maximum atomic E-state index is 12.8. The van der Waals surface area contributed by atoms with E-state index in [1.165, 1.54) is 0 Å². The molecule has 0 heterocycles. The number of ether oxygens (including phenoxy) is 2. The molecular weight excluding hydrogens is 436 g/mol. The summed E-state index contributed by atoms with van der Waals surface area (Å²) in [6.07, 6.45) is -1.08.